The van der Waals surface area contributed by atoms with Gasteiger partial charge in [-0.1, -0.05) is 6.07 Å². The lowest BCUT2D eigenvalue weighted by Crippen LogP contribution is -2.04. The quantitative estimate of drug-likeness (QED) is 0.848. The number of nitrogens with two attached hydrogens (primary N) is 1. The van der Waals surface area contributed by atoms with E-state index in [1.807, 2.05) is 30.8 Å². The number of nitrogen functional groups attached to an aromatic ring is 1. The van der Waals surface area contributed by atoms with Crippen LogP contribution in [0, 0.1) is 5.82 Å². The van der Waals surface area contributed by atoms with Crippen LogP contribution < -0.4 is 10.5 Å². The first kappa shape index (κ1) is 12.4. The number of hydrogen-bond acceptors (Lipinski definition) is 3. The second-order valence-corrected chi connectivity index (χ2v) is 4.33. The monoisotopic (exact) mass is 249 g/mol. The van der Waals surface area contributed by atoms with E-state index in [4.69, 9.17) is 10.5 Å². The number of para-hydroxylation sites is 1. The van der Waals surface area contributed by atoms with E-state index >= 15 is 0 Å². The highest BCUT2D eigenvalue weighted by Crippen LogP contribution is 2.25. The predicted octanol–water partition coefficient (Wildman–Crippen LogP) is 2.76. The number of anilines is 1. The predicted molar refractivity (Wildman–Crippen MR) is 67.8 cm³/mol. The largest absolute Gasteiger partial charge is 0.482 e. The van der Waals surface area contributed by atoms with Crippen molar-refractivity contribution in [2.45, 2.75) is 26.5 Å². The van der Waals surface area contributed by atoms with Gasteiger partial charge in [0, 0.05) is 12.2 Å². The summed E-state index contributed by atoms with van der Waals surface area (Å²) in [6.45, 7) is 4.27. The van der Waals surface area contributed by atoms with Crippen LogP contribution in [-0.4, -0.2) is 9.78 Å². The van der Waals surface area contributed by atoms with E-state index in [0.29, 0.717) is 5.69 Å². The van der Waals surface area contributed by atoms with Gasteiger partial charge in [-0.15, -0.1) is 0 Å². The molecule has 96 valence electrons. The zero-order valence-corrected chi connectivity index (χ0v) is 10.4. The first-order chi connectivity index (χ1) is 8.58. The first-order valence-corrected chi connectivity index (χ1v) is 5.78. The number of nitrogens with zero attached hydrogens (tertiary/aromatic N) is 2. The van der Waals surface area contributed by atoms with Crippen LogP contribution in [0.25, 0.3) is 0 Å². The molecule has 1 heterocycles. The van der Waals surface area contributed by atoms with Gasteiger partial charge in [0.05, 0.1) is 11.4 Å². The third-order valence-electron chi connectivity index (χ3n) is 2.55. The van der Waals surface area contributed by atoms with Crippen LogP contribution in [0.4, 0.5) is 10.1 Å². The number of ether oxygens (including phenoxy) is 1. The first-order valence-electron chi connectivity index (χ1n) is 5.78. The minimum atomic E-state index is -0.460. The Morgan fingerprint density at radius 3 is 2.78 bits per heavy atom. The Morgan fingerprint density at radius 2 is 2.17 bits per heavy atom. The number of aromatic nitrogens is 2. The Bertz CT molecular complexity index is 517. The van der Waals surface area contributed by atoms with Gasteiger partial charge >= 0.3 is 0 Å². The van der Waals surface area contributed by atoms with Crippen molar-refractivity contribution in [1.29, 1.82) is 0 Å². The van der Waals surface area contributed by atoms with Gasteiger partial charge < -0.3 is 10.5 Å². The molecule has 0 aliphatic carbocycles. The van der Waals surface area contributed by atoms with Crippen LogP contribution >= 0.6 is 0 Å². The Hall–Kier alpha value is -2.04. The zero-order chi connectivity index (χ0) is 13.1. The Morgan fingerprint density at radius 1 is 1.39 bits per heavy atom. The van der Waals surface area contributed by atoms with Crippen molar-refractivity contribution in [3.8, 4) is 5.75 Å². The summed E-state index contributed by atoms with van der Waals surface area (Å²) in [4.78, 5) is 0. The molecule has 0 bridgehead atoms. The molecule has 2 rings (SSSR count). The molecule has 2 N–H and O–H groups in total. The maximum atomic E-state index is 13.5. The number of halogens is 1. The van der Waals surface area contributed by atoms with Crippen LogP contribution in [0.2, 0.25) is 0 Å². The molecule has 18 heavy (non-hydrogen) atoms. The smallest absolute Gasteiger partial charge is 0.178 e. The highest BCUT2D eigenvalue weighted by Gasteiger charge is 2.09. The molecule has 0 atom stereocenters. The molecule has 0 aliphatic heterocycles. The van der Waals surface area contributed by atoms with Gasteiger partial charge in [0.2, 0.25) is 0 Å². The zero-order valence-electron chi connectivity index (χ0n) is 10.4. The summed E-state index contributed by atoms with van der Waals surface area (Å²) in [7, 11) is 0. The van der Waals surface area contributed by atoms with Crippen LogP contribution in [-0.2, 0) is 6.61 Å². The summed E-state index contributed by atoms with van der Waals surface area (Å²) >= 11 is 0. The van der Waals surface area contributed by atoms with Gasteiger partial charge in [-0.05, 0) is 32.0 Å². The van der Waals surface area contributed by atoms with E-state index in [9.17, 15) is 4.39 Å². The summed E-state index contributed by atoms with van der Waals surface area (Å²) in [6.07, 6.45) is 1.87. The van der Waals surface area contributed by atoms with E-state index in [2.05, 4.69) is 5.10 Å². The highest BCUT2D eigenvalue weighted by atomic mass is 19.1. The molecule has 0 aliphatic rings. The molecule has 5 heteroatoms. The van der Waals surface area contributed by atoms with E-state index in [0.717, 1.165) is 5.69 Å². The van der Waals surface area contributed by atoms with Gasteiger partial charge in [-0.25, -0.2) is 4.39 Å². The molecular formula is C13H16FN3O. The third-order valence-corrected chi connectivity index (χ3v) is 2.55. The molecule has 1 aromatic heterocycles. The Labute approximate surface area is 105 Å². The minimum Gasteiger partial charge on any atom is -0.482 e. The van der Waals surface area contributed by atoms with Crippen LogP contribution in [0.15, 0.2) is 30.5 Å². The maximum absolute atomic E-state index is 13.5. The molecule has 0 unspecified atom stereocenters. The van der Waals surface area contributed by atoms with Crippen LogP contribution in [0.1, 0.15) is 25.6 Å². The summed E-state index contributed by atoms with van der Waals surface area (Å²) in [5, 5.41) is 4.31. The van der Waals surface area contributed by atoms with E-state index in [1.54, 1.807) is 12.1 Å². The lowest BCUT2D eigenvalue weighted by Gasteiger charge is -2.08. The highest BCUT2D eigenvalue weighted by molar-refractivity contribution is 5.52. The standard InChI is InChI=1S/C13H16FN3O/c1-9(2)17-7-6-10(16-17)8-18-13-11(14)4-3-5-12(13)15/h3-7,9H,8,15H2,1-2H3. The fourth-order valence-electron chi connectivity index (χ4n) is 1.57. The van der Waals surface area contributed by atoms with Crippen molar-refractivity contribution < 1.29 is 9.13 Å². The van der Waals surface area contributed by atoms with E-state index in [1.165, 1.54) is 6.07 Å². The molecule has 0 spiro atoms. The molecule has 4 nitrogen and oxygen atoms in total. The third kappa shape index (κ3) is 2.61. The summed E-state index contributed by atoms with van der Waals surface area (Å²) < 4.78 is 20.6. The van der Waals surface area contributed by atoms with Gasteiger partial charge in [0.1, 0.15) is 6.61 Å². The second-order valence-electron chi connectivity index (χ2n) is 4.33. The molecular weight excluding hydrogens is 233 g/mol. The Kier molecular flexibility index (Phi) is 3.50. The van der Waals surface area contributed by atoms with Crippen molar-refractivity contribution in [2.24, 2.45) is 0 Å². The Balaban J connectivity index is 2.07. The number of rotatable bonds is 4. The van der Waals surface area contributed by atoms with Crippen molar-refractivity contribution in [2.75, 3.05) is 5.73 Å². The van der Waals surface area contributed by atoms with E-state index < -0.39 is 5.82 Å². The number of benzene rings is 1. The molecule has 0 fully saturated rings. The molecule has 2 aromatic rings. The number of hydrogen-bond donors (Lipinski definition) is 1. The van der Waals surface area contributed by atoms with Crippen molar-refractivity contribution in [3.05, 3.63) is 42.0 Å². The normalized spacial score (nSPS) is 10.9. The van der Waals surface area contributed by atoms with Crippen molar-refractivity contribution >= 4 is 5.69 Å². The molecule has 0 saturated heterocycles. The fourth-order valence-corrected chi connectivity index (χ4v) is 1.57. The fraction of sp³-hybridized carbons (Fsp3) is 0.308. The SMILES string of the molecule is CC(C)n1ccc(COc2c(N)cccc2F)n1. The summed E-state index contributed by atoms with van der Waals surface area (Å²) in [6, 6.07) is 6.60. The van der Waals surface area contributed by atoms with E-state index in [-0.39, 0.29) is 18.4 Å². The van der Waals surface area contributed by atoms with Crippen LogP contribution in [0.3, 0.4) is 0 Å². The molecule has 0 saturated carbocycles. The maximum Gasteiger partial charge on any atom is 0.178 e. The summed E-state index contributed by atoms with van der Waals surface area (Å²) in [5.74, 6) is -0.380. The molecule has 0 radical (unpaired) electrons. The topological polar surface area (TPSA) is 53.1 Å². The second kappa shape index (κ2) is 5.08. The molecule has 0 amide bonds. The lowest BCUT2D eigenvalue weighted by molar-refractivity contribution is 0.285. The van der Waals surface area contributed by atoms with Gasteiger partial charge in [0.15, 0.2) is 11.6 Å². The van der Waals surface area contributed by atoms with Crippen molar-refractivity contribution in [3.63, 3.8) is 0 Å². The summed E-state index contributed by atoms with van der Waals surface area (Å²) in [5.41, 5.74) is 6.68. The average molecular weight is 249 g/mol. The molecule has 1 aromatic carbocycles. The van der Waals surface area contributed by atoms with Crippen molar-refractivity contribution in [1.82, 2.24) is 9.78 Å². The lowest BCUT2D eigenvalue weighted by atomic mass is 10.3. The average Bonchev–Trinajstić information content (AvgIpc) is 2.77. The van der Waals surface area contributed by atoms with Gasteiger partial charge in [-0.3, -0.25) is 4.68 Å². The van der Waals surface area contributed by atoms with Gasteiger partial charge in [-0.2, -0.15) is 5.10 Å². The van der Waals surface area contributed by atoms with Gasteiger partial charge in [0.25, 0.3) is 0 Å². The van der Waals surface area contributed by atoms with Crippen LogP contribution in [0.5, 0.6) is 5.75 Å². The minimum absolute atomic E-state index is 0.0802.